The molecule has 3 fully saturated rings. The highest BCUT2D eigenvalue weighted by atomic mass is 19.4. The Hall–Kier alpha value is -2.70. The zero-order valence-electron chi connectivity index (χ0n) is 23.5. The maximum absolute atomic E-state index is 13.7. The molecule has 0 bridgehead atoms. The van der Waals surface area contributed by atoms with Gasteiger partial charge in [0.15, 0.2) is 11.9 Å². The van der Waals surface area contributed by atoms with Crippen molar-refractivity contribution in [2.45, 2.75) is 97.2 Å². The van der Waals surface area contributed by atoms with E-state index >= 15 is 0 Å². The number of esters is 1. The third-order valence-corrected chi connectivity index (χ3v) is 7.79. The Bertz CT molecular complexity index is 981. The molecule has 0 aromatic heterocycles. The molecule has 3 aliphatic rings. The molecule has 3 amide bonds. The first-order valence-electron chi connectivity index (χ1n) is 13.9. The van der Waals surface area contributed by atoms with Crippen molar-refractivity contribution < 1.29 is 46.6 Å². The molecule has 1 aliphatic carbocycles. The fraction of sp³-hybridized carbons (Fsp3) is 0.815. The summed E-state index contributed by atoms with van der Waals surface area (Å²) in [5.41, 5.74) is -0.247. The molecule has 226 valence electrons. The molecule has 3 rings (SSSR count). The minimum atomic E-state index is -5.03. The molecule has 0 radical (unpaired) electrons. The molecular weight excluding hydrogens is 535 g/mol. The number of amides is 3. The number of hydrogen-bond donors (Lipinski definition) is 2. The fourth-order valence-electron chi connectivity index (χ4n) is 5.27. The average molecular weight is 576 g/mol. The van der Waals surface area contributed by atoms with Crippen LogP contribution in [0.25, 0.3) is 0 Å². The van der Waals surface area contributed by atoms with Crippen LogP contribution in [0.3, 0.4) is 0 Å². The Labute approximate surface area is 232 Å². The molecule has 2 N–H and O–H groups in total. The van der Waals surface area contributed by atoms with Gasteiger partial charge in [0.05, 0.1) is 12.0 Å². The summed E-state index contributed by atoms with van der Waals surface area (Å²) in [4.78, 5) is 65.6. The lowest BCUT2D eigenvalue weighted by Gasteiger charge is -2.30. The van der Waals surface area contributed by atoms with Crippen LogP contribution < -0.4 is 10.6 Å². The third kappa shape index (κ3) is 8.65. The third-order valence-electron chi connectivity index (χ3n) is 7.79. The van der Waals surface area contributed by atoms with E-state index in [-0.39, 0.29) is 43.0 Å². The molecule has 40 heavy (non-hydrogen) atoms. The Kier molecular flexibility index (Phi) is 10.2. The monoisotopic (exact) mass is 575 g/mol. The molecule has 4 atom stereocenters. The number of Topliss-reactive ketones (excluding diaryl/α,β-unsaturated/α-hetero) is 1. The number of nitrogens with zero attached hydrogens (tertiary/aromatic N) is 1. The number of carbonyl (C=O) groups is 5. The molecule has 0 aromatic rings. The number of carbonyl (C=O) groups excluding carboxylic acids is 5. The molecule has 0 aromatic carbocycles. The predicted molar refractivity (Wildman–Crippen MR) is 135 cm³/mol. The molecular formula is C27H40F3N3O7. The highest BCUT2D eigenvalue weighted by Crippen LogP contribution is 2.55. The summed E-state index contributed by atoms with van der Waals surface area (Å²) in [5, 5.41) is 5.22. The Morgan fingerprint density at radius 3 is 2.35 bits per heavy atom. The largest absolute Gasteiger partial charge is 0.522 e. The van der Waals surface area contributed by atoms with Crippen LogP contribution in [-0.2, 0) is 33.4 Å². The quantitative estimate of drug-likeness (QED) is 0.323. The zero-order chi connectivity index (χ0) is 29.8. The minimum Gasteiger partial charge on any atom is -0.452 e. The van der Waals surface area contributed by atoms with E-state index in [1.807, 2.05) is 13.8 Å². The number of rotatable bonds is 13. The average Bonchev–Trinajstić information content (AvgIpc) is 3.31. The maximum atomic E-state index is 13.7. The predicted octanol–water partition coefficient (Wildman–Crippen LogP) is 2.49. The van der Waals surface area contributed by atoms with Crippen molar-refractivity contribution in [2.24, 2.45) is 23.2 Å². The molecule has 1 spiro atoms. The highest BCUT2D eigenvalue weighted by molar-refractivity contribution is 5.95. The Morgan fingerprint density at radius 1 is 1.15 bits per heavy atom. The Balaban J connectivity index is 1.76. The first-order chi connectivity index (χ1) is 18.6. The van der Waals surface area contributed by atoms with E-state index in [2.05, 4.69) is 15.4 Å². The lowest BCUT2D eigenvalue weighted by molar-refractivity contribution is -0.321. The zero-order valence-corrected chi connectivity index (χ0v) is 23.5. The number of alkyl halides is 3. The number of halogens is 3. The van der Waals surface area contributed by atoms with Crippen LogP contribution in [0.4, 0.5) is 13.2 Å². The number of ketones is 1. The van der Waals surface area contributed by atoms with Gasteiger partial charge in [-0.2, -0.15) is 0 Å². The molecule has 2 heterocycles. The van der Waals surface area contributed by atoms with Gasteiger partial charge in [-0.05, 0) is 56.3 Å². The van der Waals surface area contributed by atoms with Gasteiger partial charge in [-0.1, -0.05) is 27.7 Å². The van der Waals surface area contributed by atoms with Crippen molar-refractivity contribution in [3.05, 3.63) is 0 Å². The molecule has 1 saturated carbocycles. The first kappa shape index (κ1) is 31.8. The SMILES string of the molecule is CC(C)C[C@@H](OC(=O)C(C)C)C(=O)N1CC2(CC2)C[C@H]1C(=O)N[C@@H](CC[C@@H]1CCNC1=O)C(=O)COC(F)(F)F. The summed E-state index contributed by atoms with van der Waals surface area (Å²) in [6.45, 7) is 6.53. The fourth-order valence-corrected chi connectivity index (χ4v) is 5.27. The first-order valence-corrected chi connectivity index (χ1v) is 13.9. The van der Waals surface area contributed by atoms with E-state index in [1.165, 1.54) is 4.90 Å². The normalized spacial score (nSPS) is 23.3. The maximum Gasteiger partial charge on any atom is 0.522 e. The van der Waals surface area contributed by atoms with Crippen LogP contribution >= 0.6 is 0 Å². The second kappa shape index (κ2) is 12.9. The molecule has 10 nitrogen and oxygen atoms in total. The Morgan fingerprint density at radius 2 is 1.82 bits per heavy atom. The van der Waals surface area contributed by atoms with Crippen LogP contribution in [0.5, 0.6) is 0 Å². The summed E-state index contributed by atoms with van der Waals surface area (Å²) >= 11 is 0. The number of nitrogens with one attached hydrogen (secondary N) is 2. The van der Waals surface area contributed by atoms with Crippen LogP contribution in [0.2, 0.25) is 0 Å². The molecule has 2 saturated heterocycles. The summed E-state index contributed by atoms with van der Waals surface area (Å²) < 4.78 is 47.1. The van der Waals surface area contributed by atoms with Gasteiger partial charge in [-0.25, -0.2) is 0 Å². The highest BCUT2D eigenvalue weighted by Gasteiger charge is 2.56. The summed E-state index contributed by atoms with van der Waals surface area (Å²) in [5.74, 6) is -3.75. The van der Waals surface area contributed by atoms with Crippen molar-refractivity contribution in [2.75, 3.05) is 19.7 Å². The van der Waals surface area contributed by atoms with E-state index in [0.717, 1.165) is 12.8 Å². The minimum absolute atomic E-state index is 0.0158. The number of ether oxygens (including phenoxy) is 2. The number of hydrogen-bond acceptors (Lipinski definition) is 7. The van der Waals surface area contributed by atoms with Gasteiger partial charge in [-0.15, -0.1) is 13.2 Å². The second-order valence-electron chi connectivity index (χ2n) is 12.0. The van der Waals surface area contributed by atoms with E-state index in [0.29, 0.717) is 19.4 Å². The van der Waals surface area contributed by atoms with E-state index in [9.17, 15) is 37.1 Å². The van der Waals surface area contributed by atoms with E-state index in [4.69, 9.17) is 4.74 Å². The van der Waals surface area contributed by atoms with Gasteiger partial charge in [0, 0.05) is 19.0 Å². The standard InChI is InChI=1S/C27H40F3N3O7/c1-15(2)11-21(40-25(38)16(3)4)24(37)33-14-26(8-9-26)12-19(33)23(36)32-18(20(34)13-39-27(28,29)30)6-5-17-7-10-31-22(17)35/h15-19,21H,5-14H2,1-4H3,(H,31,35)(H,32,36)/t17-,18+,19+,21-/m1/s1. The second-order valence-corrected chi connectivity index (χ2v) is 12.0. The van der Waals surface area contributed by atoms with Crippen LogP contribution in [-0.4, -0.2) is 78.6 Å². The molecule has 2 aliphatic heterocycles. The number of likely N-dealkylation sites (tertiary alicyclic amines) is 1. The van der Waals surface area contributed by atoms with Crippen molar-refractivity contribution in [1.29, 1.82) is 0 Å². The van der Waals surface area contributed by atoms with Gasteiger partial charge < -0.3 is 20.3 Å². The summed E-state index contributed by atoms with van der Waals surface area (Å²) in [6.07, 6.45) is -3.26. The smallest absolute Gasteiger partial charge is 0.452 e. The van der Waals surface area contributed by atoms with Crippen molar-refractivity contribution in [3.8, 4) is 0 Å². The van der Waals surface area contributed by atoms with Crippen molar-refractivity contribution in [3.63, 3.8) is 0 Å². The lowest BCUT2D eigenvalue weighted by atomic mass is 9.96. The van der Waals surface area contributed by atoms with Crippen molar-refractivity contribution >= 4 is 29.5 Å². The van der Waals surface area contributed by atoms with Gasteiger partial charge in [0.2, 0.25) is 11.8 Å². The van der Waals surface area contributed by atoms with Gasteiger partial charge in [0.1, 0.15) is 12.6 Å². The van der Waals surface area contributed by atoms with Crippen molar-refractivity contribution in [1.82, 2.24) is 15.5 Å². The van der Waals surface area contributed by atoms with Gasteiger partial charge in [0.25, 0.3) is 5.91 Å². The summed E-state index contributed by atoms with van der Waals surface area (Å²) in [7, 11) is 0. The summed E-state index contributed by atoms with van der Waals surface area (Å²) in [6, 6.07) is -2.31. The van der Waals surface area contributed by atoms with E-state index < -0.39 is 66.6 Å². The topological polar surface area (TPSA) is 131 Å². The van der Waals surface area contributed by atoms with Gasteiger partial charge >= 0.3 is 12.3 Å². The lowest BCUT2D eigenvalue weighted by Crippen LogP contribution is -2.53. The van der Waals surface area contributed by atoms with Gasteiger partial charge in [-0.3, -0.25) is 28.7 Å². The van der Waals surface area contributed by atoms with Crippen LogP contribution in [0.1, 0.15) is 72.6 Å². The molecule has 0 unspecified atom stereocenters. The van der Waals surface area contributed by atoms with Crippen LogP contribution in [0, 0.1) is 23.2 Å². The van der Waals surface area contributed by atoms with E-state index in [1.54, 1.807) is 13.8 Å². The van der Waals surface area contributed by atoms with Crippen LogP contribution in [0.15, 0.2) is 0 Å². The molecule has 13 heteroatoms.